The Labute approximate surface area is 163 Å². The van der Waals surface area contributed by atoms with Gasteiger partial charge in [-0.15, -0.1) is 0 Å². The maximum absolute atomic E-state index is 13.2. The topological polar surface area (TPSA) is 137 Å². The minimum atomic E-state index is -1.50. The first-order chi connectivity index (χ1) is 13.2. The first kappa shape index (κ1) is 21.3. The first-order valence-corrected chi connectivity index (χ1v) is 9.38. The molecule has 0 unspecified atom stereocenters. The van der Waals surface area contributed by atoms with Gasteiger partial charge in [0.1, 0.15) is 24.4 Å². The largest absolute Gasteiger partial charge is 0.396 e. The van der Waals surface area contributed by atoms with Gasteiger partial charge in [-0.25, -0.2) is 0 Å². The van der Waals surface area contributed by atoms with Crippen LogP contribution in [0.1, 0.15) is 45.6 Å². The number of carbonyl (C=O) groups excluding carboxylic acids is 1. The lowest BCUT2D eigenvalue weighted by atomic mass is 9.84. The molecule has 8 nitrogen and oxygen atoms in total. The Morgan fingerprint density at radius 1 is 1.21 bits per heavy atom. The molecule has 1 aromatic carbocycles. The van der Waals surface area contributed by atoms with Crippen molar-refractivity contribution in [2.75, 3.05) is 19.8 Å². The summed E-state index contributed by atoms with van der Waals surface area (Å²) < 4.78 is 11.3. The normalized spacial score (nSPS) is 35.3. The second kappa shape index (κ2) is 7.79. The molecule has 2 aliphatic rings. The summed E-state index contributed by atoms with van der Waals surface area (Å²) in [4.78, 5) is 13.2. The lowest BCUT2D eigenvalue weighted by Crippen LogP contribution is -2.54. The van der Waals surface area contributed by atoms with Gasteiger partial charge in [0.25, 0.3) is 0 Å². The van der Waals surface area contributed by atoms with E-state index in [0.29, 0.717) is 17.5 Å². The summed E-state index contributed by atoms with van der Waals surface area (Å²) in [6.45, 7) is 4.52. The molecule has 0 amide bonds. The van der Waals surface area contributed by atoms with Crippen LogP contribution in [-0.2, 0) is 15.9 Å². The van der Waals surface area contributed by atoms with Gasteiger partial charge in [-0.2, -0.15) is 0 Å². The fourth-order valence-electron chi connectivity index (χ4n) is 4.22. The molecule has 1 aliphatic carbocycles. The Bertz CT molecular complexity index is 763. The Balaban J connectivity index is 2.03. The van der Waals surface area contributed by atoms with Gasteiger partial charge in [0.15, 0.2) is 12.1 Å². The van der Waals surface area contributed by atoms with Crippen LogP contribution in [-0.4, -0.2) is 75.7 Å². The van der Waals surface area contributed by atoms with E-state index in [1.54, 1.807) is 19.9 Å². The smallest absolute Gasteiger partial charge is 0.186 e. The van der Waals surface area contributed by atoms with Gasteiger partial charge < -0.3 is 35.0 Å². The van der Waals surface area contributed by atoms with E-state index in [2.05, 4.69) is 0 Å². The number of hydrogen-bond acceptors (Lipinski definition) is 8. The maximum Gasteiger partial charge on any atom is 0.186 e. The number of rotatable bonds is 5. The van der Waals surface area contributed by atoms with Crippen LogP contribution in [0.2, 0.25) is 0 Å². The van der Waals surface area contributed by atoms with Gasteiger partial charge in [0.05, 0.1) is 18.6 Å². The van der Waals surface area contributed by atoms with Gasteiger partial charge in [0.2, 0.25) is 0 Å². The Hall–Kier alpha value is -1.39. The fourth-order valence-corrected chi connectivity index (χ4v) is 4.22. The van der Waals surface area contributed by atoms with E-state index in [9.17, 15) is 30.3 Å². The molecule has 5 N–H and O–H groups in total. The first-order valence-electron chi connectivity index (χ1n) is 9.38. The monoisotopic (exact) mass is 396 g/mol. The summed E-state index contributed by atoms with van der Waals surface area (Å²) in [6.07, 6.45) is -5.92. The van der Waals surface area contributed by atoms with E-state index in [4.69, 9.17) is 9.47 Å². The SMILES string of the molecule is Cc1cc2c(c(C)c1CCO)C(=O)[C@](C)(CO)[C@@H]2O[C@@H]1OC[C@H](O)[C@H](O)[C@H]1O. The molecule has 3 rings (SSSR count). The zero-order chi connectivity index (χ0) is 20.8. The highest BCUT2D eigenvalue weighted by Gasteiger charge is 2.53. The summed E-state index contributed by atoms with van der Waals surface area (Å²) in [6, 6.07) is 1.80. The molecule has 0 aromatic heterocycles. The average Bonchev–Trinajstić information content (AvgIpc) is 2.87. The molecule has 156 valence electrons. The second-order valence-corrected chi connectivity index (χ2v) is 7.91. The molecule has 0 spiro atoms. The molecule has 6 atom stereocenters. The molecule has 1 aromatic rings. The van der Waals surface area contributed by atoms with Crippen LogP contribution in [0.5, 0.6) is 0 Å². The molecule has 1 fully saturated rings. The quantitative estimate of drug-likeness (QED) is 0.451. The number of aliphatic hydroxyl groups excluding tert-OH is 5. The Morgan fingerprint density at radius 2 is 1.89 bits per heavy atom. The third kappa shape index (κ3) is 3.19. The average molecular weight is 396 g/mol. The number of carbonyl (C=O) groups is 1. The third-order valence-electron chi connectivity index (χ3n) is 5.99. The Morgan fingerprint density at radius 3 is 2.50 bits per heavy atom. The summed E-state index contributed by atoms with van der Waals surface area (Å²) in [5, 5.41) is 49.1. The predicted molar refractivity (Wildman–Crippen MR) is 97.8 cm³/mol. The third-order valence-corrected chi connectivity index (χ3v) is 5.99. The van der Waals surface area contributed by atoms with Gasteiger partial charge in [0, 0.05) is 12.2 Å². The number of aliphatic hydroxyl groups is 5. The van der Waals surface area contributed by atoms with Crippen molar-refractivity contribution in [3.63, 3.8) is 0 Å². The van der Waals surface area contributed by atoms with Gasteiger partial charge in [-0.05, 0) is 49.4 Å². The molecule has 0 bridgehead atoms. The summed E-state index contributed by atoms with van der Waals surface area (Å²) in [5.74, 6) is -0.280. The molecule has 0 saturated carbocycles. The van der Waals surface area contributed by atoms with Crippen molar-refractivity contribution in [1.82, 2.24) is 0 Å². The minimum Gasteiger partial charge on any atom is -0.396 e. The molecule has 8 heteroatoms. The number of ether oxygens (including phenoxy) is 2. The second-order valence-electron chi connectivity index (χ2n) is 7.91. The van der Waals surface area contributed by atoms with E-state index in [1.807, 2.05) is 6.92 Å². The zero-order valence-corrected chi connectivity index (χ0v) is 16.3. The molecule has 28 heavy (non-hydrogen) atoms. The van der Waals surface area contributed by atoms with Crippen molar-refractivity contribution < 1.29 is 39.8 Å². The standard InChI is InChI=1S/C20H28O8/c1-9-6-12-14(10(2)11(9)4-5-21)17(26)20(3,8-22)18(12)28-19-16(25)15(24)13(23)7-27-19/h6,13,15-16,18-19,21-25H,4-5,7-8H2,1-3H3/t13-,15-,16+,18+,19-,20-/m0/s1. The van der Waals surface area contributed by atoms with E-state index in [1.165, 1.54) is 0 Å². The van der Waals surface area contributed by atoms with Crippen molar-refractivity contribution in [3.8, 4) is 0 Å². The van der Waals surface area contributed by atoms with E-state index < -0.39 is 42.7 Å². The van der Waals surface area contributed by atoms with E-state index in [0.717, 1.165) is 16.7 Å². The van der Waals surface area contributed by atoms with Crippen molar-refractivity contribution in [1.29, 1.82) is 0 Å². The fraction of sp³-hybridized carbons (Fsp3) is 0.650. The zero-order valence-electron chi connectivity index (χ0n) is 16.3. The number of hydrogen-bond donors (Lipinski definition) is 5. The number of Topliss-reactive ketones (excluding diaryl/α,β-unsaturated/α-hetero) is 1. The van der Waals surface area contributed by atoms with Crippen molar-refractivity contribution in [2.45, 2.75) is 57.9 Å². The van der Waals surface area contributed by atoms with Crippen LogP contribution in [0, 0.1) is 19.3 Å². The molecule has 1 saturated heterocycles. The number of aryl methyl sites for hydroxylation is 1. The number of fused-ring (bicyclic) bond motifs is 1. The summed E-state index contributed by atoms with van der Waals surface area (Å²) in [7, 11) is 0. The summed E-state index contributed by atoms with van der Waals surface area (Å²) >= 11 is 0. The van der Waals surface area contributed by atoms with Crippen LogP contribution in [0.3, 0.4) is 0 Å². The van der Waals surface area contributed by atoms with E-state index in [-0.39, 0.29) is 19.0 Å². The maximum atomic E-state index is 13.2. The molecule has 0 radical (unpaired) electrons. The van der Waals surface area contributed by atoms with Crippen LogP contribution in [0.4, 0.5) is 0 Å². The van der Waals surface area contributed by atoms with Crippen LogP contribution in [0.25, 0.3) is 0 Å². The number of ketones is 1. The molecular weight excluding hydrogens is 368 g/mol. The molecule has 1 aliphatic heterocycles. The highest BCUT2D eigenvalue weighted by molar-refractivity contribution is 6.07. The van der Waals surface area contributed by atoms with Crippen molar-refractivity contribution >= 4 is 5.78 Å². The summed E-state index contributed by atoms with van der Waals surface area (Å²) in [5.41, 5.74) is 2.23. The van der Waals surface area contributed by atoms with Gasteiger partial charge >= 0.3 is 0 Å². The van der Waals surface area contributed by atoms with Crippen LogP contribution >= 0.6 is 0 Å². The molecule has 1 heterocycles. The number of benzene rings is 1. The van der Waals surface area contributed by atoms with Crippen molar-refractivity contribution in [2.24, 2.45) is 5.41 Å². The van der Waals surface area contributed by atoms with Crippen LogP contribution < -0.4 is 0 Å². The lowest BCUT2D eigenvalue weighted by molar-refractivity contribution is -0.291. The van der Waals surface area contributed by atoms with Crippen molar-refractivity contribution in [3.05, 3.63) is 33.9 Å². The van der Waals surface area contributed by atoms with Gasteiger partial charge in [-0.1, -0.05) is 6.07 Å². The highest BCUT2D eigenvalue weighted by atomic mass is 16.7. The van der Waals surface area contributed by atoms with E-state index >= 15 is 0 Å². The minimum absolute atomic E-state index is 0.0474. The van der Waals surface area contributed by atoms with Gasteiger partial charge in [-0.3, -0.25) is 4.79 Å². The Kier molecular flexibility index (Phi) is 5.94. The van der Waals surface area contributed by atoms with Crippen LogP contribution in [0.15, 0.2) is 6.07 Å². The highest BCUT2D eigenvalue weighted by Crippen LogP contribution is 2.50. The predicted octanol–water partition coefficient (Wildman–Crippen LogP) is -0.470. The lowest BCUT2D eigenvalue weighted by Gasteiger charge is -2.38. The molecular formula is C20H28O8.